The van der Waals surface area contributed by atoms with Gasteiger partial charge in [-0.15, -0.1) is 12.6 Å². The largest absolute Gasteiger partial charge is 0.150 e. The van der Waals surface area contributed by atoms with Crippen LogP contribution in [0.4, 0.5) is 0 Å². The Morgan fingerprint density at radius 3 is 2.05 bits per heavy atom. The molecule has 104 valence electrons. The molecule has 0 bridgehead atoms. The van der Waals surface area contributed by atoms with Crippen LogP contribution < -0.4 is 0 Å². The van der Waals surface area contributed by atoms with Gasteiger partial charge in [-0.05, 0) is 30.2 Å². The van der Waals surface area contributed by atoms with Gasteiger partial charge in [0.1, 0.15) is 0 Å². The summed E-state index contributed by atoms with van der Waals surface area (Å²) in [5, 5.41) is 1.70. The molecule has 0 N–H and O–H groups in total. The minimum atomic E-state index is 0.910. The third-order valence-electron chi connectivity index (χ3n) is 2.30. The first kappa shape index (κ1) is 18.1. The summed E-state index contributed by atoms with van der Waals surface area (Å²) >= 11 is 8.29. The van der Waals surface area contributed by atoms with Gasteiger partial charge in [-0.2, -0.15) is 12.6 Å². The van der Waals surface area contributed by atoms with Crippen LogP contribution >= 0.6 is 25.3 Å². The van der Waals surface area contributed by atoms with Crippen LogP contribution in [0.2, 0.25) is 0 Å². The zero-order valence-electron chi connectivity index (χ0n) is 11.8. The van der Waals surface area contributed by atoms with Crippen molar-refractivity contribution in [2.45, 2.75) is 33.1 Å². The zero-order valence-corrected chi connectivity index (χ0v) is 13.6. The summed E-state index contributed by atoms with van der Waals surface area (Å²) in [5.74, 6) is 0. The third-order valence-corrected chi connectivity index (χ3v) is 3.15. The average Bonchev–Trinajstić information content (AvgIpc) is 2.80. The van der Waals surface area contributed by atoms with E-state index in [0.717, 1.165) is 16.9 Å². The number of rotatable bonds is 1. The van der Waals surface area contributed by atoms with Crippen molar-refractivity contribution in [3.63, 3.8) is 0 Å². The maximum Gasteiger partial charge on any atom is 0.0170 e. The topological polar surface area (TPSA) is 0 Å². The van der Waals surface area contributed by atoms with Crippen LogP contribution in [0.25, 0.3) is 0 Å². The van der Waals surface area contributed by atoms with E-state index in [9.17, 15) is 0 Å². The number of hydrogen-bond acceptors (Lipinski definition) is 2. The molecule has 19 heavy (non-hydrogen) atoms. The highest BCUT2D eigenvalue weighted by Crippen LogP contribution is 2.18. The van der Waals surface area contributed by atoms with E-state index in [4.69, 9.17) is 0 Å². The highest BCUT2D eigenvalue weighted by molar-refractivity contribution is 7.88. The fourth-order valence-electron chi connectivity index (χ4n) is 1.39. The first-order valence-corrected chi connectivity index (χ1v) is 7.69. The Morgan fingerprint density at radius 1 is 1.00 bits per heavy atom. The van der Waals surface area contributed by atoms with E-state index in [1.165, 1.54) is 12.8 Å². The van der Waals surface area contributed by atoms with Crippen molar-refractivity contribution in [3.8, 4) is 0 Å². The lowest BCUT2D eigenvalue weighted by Crippen LogP contribution is -1.75. The van der Waals surface area contributed by atoms with Crippen molar-refractivity contribution in [1.29, 1.82) is 0 Å². The molecular weight excluding hydrogens is 268 g/mol. The highest BCUT2D eigenvalue weighted by Gasteiger charge is 1.95. The molecule has 0 spiro atoms. The quantitative estimate of drug-likeness (QED) is 0.540. The molecule has 0 unspecified atom stereocenters. The molecule has 2 heteroatoms. The van der Waals surface area contributed by atoms with Crippen LogP contribution in [0.5, 0.6) is 0 Å². The van der Waals surface area contributed by atoms with Crippen molar-refractivity contribution in [1.82, 2.24) is 0 Å². The molecule has 0 saturated heterocycles. The molecule has 0 amide bonds. The fourth-order valence-corrected chi connectivity index (χ4v) is 1.70. The molecule has 0 aromatic heterocycles. The molecular formula is C17H24S2. The Bertz CT molecular complexity index is 381. The number of hydrogen-bond donors (Lipinski definition) is 2. The molecule has 2 aliphatic carbocycles. The van der Waals surface area contributed by atoms with E-state index < -0.39 is 0 Å². The molecule has 0 aliphatic heterocycles. The molecule has 0 radical (unpaired) electrons. The van der Waals surface area contributed by atoms with Crippen LogP contribution in [0.1, 0.15) is 33.1 Å². The minimum Gasteiger partial charge on any atom is -0.150 e. The van der Waals surface area contributed by atoms with E-state index in [0.29, 0.717) is 0 Å². The van der Waals surface area contributed by atoms with Crippen LogP contribution in [-0.2, 0) is 0 Å². The average molecular weight is 293 g/mol. The predicted octanol–water partition coefficient (Wildman–Crippen LogP) is 6.05. The second-order valence-corrected chi connectivity index (χ2v) is 4.37. The van der Waals surface area contributed by atoms with E-state index >= 15 is 0 Å². The van der Waals surface area contributed by atoms with E-state index in [1.807, 2.05) is 32.1 Å². The van der Waals surface area contributed by atoms with Crippen molar-refractivity contribution >= 4 is 25.3 Å². The summed E-state index contributed by atoms with van der Waals surface area (Å²) in [4.78, 5) is 0.910. The van der Waals surface area contributed by atoms with Gasteiger partial charge in [-0.3, -0.25) is 0 Å². The maximum absolute atomic E-state index is 4.26. The predicted molar refractivity (Wildman–Crippen MR) is 95.9 cm³/mol. The standard InChI is InChI=1S/C9H10S2.C6H8.C2H6/c10-7-9(11)8-5-3-1-2-4-6-8;1-2-4-6-5-3-1;1-2/h1-3,5-7,10-11H,4H2;1-4H,5-6H2;1-2H3/b9-7-;;. The summed E-state index contributed by atoms with van der Waals surface area (Å²) in [6.07, 6.45) is 22.3. The van der Waals surface area contributed by atoms with Crippen LogP contribution in [-0.4, -0.2) is 0 Å². The Kier molecular flexibility index (Phi) is 13.0. The molecule has 2 rings (SSSR count). The summed E-state index contributed by atoms with van der Waals surface area (Å²) in [6.45, 7) is 4.00. The van der Waals surface area contributed by atoms with Gasteiger partial charge in [0.15, 0.2) is 0 Å². The van der Waals surface area contributed by atoms with Gasteiger partial charge in [0.05, 0.1) is 0 Å². The monoisotopic (exact) mass is 292 g/mol. The fraction of sp³-hybridized carbons (Fsp3) is 0.294. The molecule has 0 nitrogen and oxygen atoms in total. The summed E-state index contributed by atoms with van der Waals surface area (Å²) in [5.41, 5.74) is 1.13. The summed E-state index contributed by atoms with van der Waals surface area (Å²) < 4.78 is 0. The minimum absolute atomic E-state index is 0.910. The van der Waals surface area contributed by atoms with E-state index in [-0.39, 0.29) is 0 Å². The molecule has 0 fully saturated rings. The van der Waals surface area contributed by atoms with Crippen molar-refractivity contribution in [3.05, 3.63) is 70.6 Å². The second-order valence-electron chi connectivity index (χ2n) is 3.63. The summed E-state index contributed by atoms with van der Waals surface area (Å²) in [6, 6.07) is 0. The zero-order chi connectivity index (χ0) is 14.3. The Hall–Kier alpha value is -0.860. The summed E-state index contributed by atoms with van der Waals surface area (Å²) in [7, 11) is 0. The smallest absolute Gasteiger partial charge is 0.0170 e. The first-order valence-electron chi connectivity index (χ1n) is 6.73. The lowest BCUT2D eigenvalue weighted by Gasteiger charge is -1.97. The third kappa shape index (κ3) is 9.69. The molecule has 0 saturated carbocycles. The van der Waals surface area contributed by atoms with Gasteiger partial charge in [-0.1, -0.05) is 68.5 Å². The molecule has 0 atom stereocenters. The van der Waals surface area contributed by atoms with Gasteiger partial charge >= 0.3 is 0 Å². The molecule has 0 heterocycles. The van der Waals surface area contributed by atoms with Gasteiger partial charge in [0.25, 0.3) is 0 Å². The van der Waals surface area contributed by atoms with Crippen LogP contribution in [0, 0.1) is 0 Å². The Balaban J connectivity index is 0.000000341. The lowest BCUT2D eigenvalue weighted by atomic mass is 10.2. The lowest BCUT2D eigenvalue weighted by molar-refractivity contribution is 1.04. The number of allylic oxidation sites excluding steroid dienone is 10. The normalized spacial score (nSPS) is 16.6. The van der Waals surface area contributed by atoms with Gasteiger partial charge in [-0.25, -0.2) is 0 Å². The second kappa shape index (κ2) is 13.6. The van der Waals surface area contributed by atoms with E-state index in [2.05, 4.69) is 61.7 Å². The molecule has 0 aromatic rings. The first-order chi connectivity index (χ1) is 9.34. The Labute approximate surface area is 129 Å². The van der Waals surface area contributed by atoms with Crippen molar-refractivity contribution in [2.75, 3.05) is 0 Å². The van der Waals surface area contributed by atoms with Gasteiger partial charge in [0.2, 0.25) is 0 Å². The highest BCUT2D eigenvalue weighted by atomic mass is 32.1. The maximum atomic E-state index is 4.26. The Morgan fingerprint density at radius 2 is 1.58 bits per heavy atom. The van der Waals surface area contributed by atoms with Crippen molar-refractivity contribution in [2.24, 2.45) is 0 Å². The molecule has 2 aliphatic rings. The van der Waals surface area contributed by atoms with E-state index in [1.54, 1.807) is 5.41 Å². The van der Waals surface area contributed by atoms with Crippen molar-refractivity contribution < 1.29 is 0 Å². The SMILES string of the molecule is C1=CCCC=C1.CC.S/C=C(\S)C1=CCC=CC=C1. The van der Waals surface area contributed by atoms with Crippen LogP contribution in [0.3, 0.4) is 0 Å². The van der Waals surface area contributed by atoms with Gasteiger partial charge < -0.3 is 0 Å². The number of thiol groups is 2. The van der Waals surface area contributed by atoms with Gasteiger partial charge in [0, 0.05) is 4.91 Å². The van der Waals surface area contributed by atoms with Crippen LogP contribution in [0.15, 0.2) is 70.6 Å². The molecule has 0 aromatic carbocycles.